The van der Waals surface area contributed by atoms with E-state index in [1.807, 2.05) is 42.6 Å². The number of pyridine rings is 1. The number of aromatic nitrogens is 3. The first-order chi connectivity index (χ1) is 15.3. The van der Waals surface area contributed by atoms with Crippen molar-refractivity contribution in [2.24, 2.45) is 4.99 Å². The van der Waals surface area contributed by atoms with Crippen molar-refractivity contribution in [2.75, 3.05) is 7.11 Å². The van der Waals surface area contributed by atoms with Gasteiger partial charge in [0.25, 0.3) is 0 Å². The van der Waals surface area contributed by atoms with Gasteiger partial charge in [0.2, 0.25) is 0 Å². The molecule has 4 aromatic rings. The van der Waals surface area contributed by atoms with E-state index in [9.17, 15) is 0 Å². The molecule has 0 fully saturated rings. The maximum absolute atomic E-state index is 5.65. The SMILES string of the molecule is CCc1nn2c(c1-c1ccccc1)N=C(c1ccccc1OC)C[C@H]2c1ccccn1. The summed E-state index contributed by atoms with van der Waals surface area (Å²) in [7, 11) is 1.70. The molecule has 0 unspecified atom stereocenters. The summed E-state index contributed by atoms with van der Waals surface area (Å²) in [5, 5.41) is 5.01. The van der Waals surface area contributed by atoms with Crippen LogP contribution in [0.4, 0.5) is 5.82 Å². The molecule has 1 atom stereocenters. The van der Waals surface area contributed by atoms with E-state index in [2.05, 4.69) is 53.0 Å². The molecule has 0 bridgehead atoms. The van der Waals surface area contributed by atoms with Gasteiger partial charge in [-0.05, 0) is 36.2 Å². The third-order valence-corrected chi connectivity index (χ3v) is 5.72. The number of ether oxygens (including phenoxy) is 1. The Hall–Kier alpha value is -3.73. The molecule has 0 amide bonds. The monoisotopic (exact) mass is 408 g/mol. The van der Waals surface area contributed by atoms with Crippen LogP contribution in [0.5, 0.6) is 5.75 Å². The largest absolute Gasteiger partial charge is 0.496 e. The number of aliphatic imine (C=N–C) groups is 1. The fraction of sp³-hybridized carbons (Fsp3) is 0.192. The van der Waals surface area contributed by atoms with Crippen LogP contribution in [0.1, 0.15) is 36.3 Å². The minimum absolute atomic E-state index is 0.0311. The average Bonchev–Trinajstić information content (AvgIpc) is 3.23. The normalized spacial score (nSPS) is 15.3. The summed E-state index contributed by atoms with van der Waals surface area (Å²) in [6.45, 7) is 2.14. The summed E-state index contributed by atoms with van der Waals surface area (Å²) in [5.41, 5.74) is 6.25. The van der Waals surface area contributed by atoms with Gasteiger partial charge in [-0.1, -0.05) is 55.5 Å². The Morgan fingerprint density at radius 1 is 0.968 bits per heavy atom. The van der Waals surface area contributed by atoms with E-state index in [0.29, 0.717) is 6.42 Å². The Morgan fingerprint density at radius 2 is 1.74 bits per heavy atom. The van der Waals surface area contributed by atoms with Crippen LogP contribution in [-0.2, 0) is 6.42 Å². The summed E-state index contributed by atoms with van der Waals surface area (Å²) < 4.78 is 7.71. The molecule has 3 heterocycles. The Labute approximate surface area is 182 Å². The molecule has 0 saturated carbocycles. The zero-order chi connectivity index (χ0) is 21.2. The van der Waals surface area contributed by atoms with Gasteiger partial charge in [-0.3, -0.25) is 4.98 Å². The van der Waals surface area contributed by atoms with E-state index < -0.39 is 0 Å². The number of hydrogen-bond acceptors (Lipinski definition) is 4. The Kier molecular flexibility index (Phi) is 5.08. The van der Waals surface area contributed by atoms with Gasteiger partial charge in [0.15, 0.2) is 5.82 Å². The lowest BCUT2D eigenvalue weighted by Crippen LogP contribution is -2.22. The number of aryl methyl sites for hydroxylation is 1. The Morgan fingerprint density at radius 3 is 2.48 bits per heavy atom. The minimum atomic E-state index is -0.0311. The standard InChI is InChI=1S/C26H24N4O/c1-3-20-25(18-11-5-4-6-12-18)26-28-22(19-13-7-8-15-24(19)31-2)17-23(30(26)29-20)21-14-9-10-16-27-21/h4-16,23H,3,17H2,1-2H3/t23-/m0/s1. The molecule has 0 spiro atoms. The molecule has 5 rings (SSSR count). The van der Waals surface area contributed by atoms with Crippen molar-refractivity contribution in [1.82, 2.24) is 14.8 Å². The molecule has 2 aromatic heterocycles. The third kappa shape index (κ3) is 3.42. The van der Waals surface area contributed by atoms with Gasteiger partial charge in [-0.25, -0.2) is 9.67 Å². The number of methoxy groups -OCH3 is 1. The van der Waals surface area contributed by atoms with Crippen LogP contribution in [0.3, 0.4) is 0 Å². The smallest absolute Gasteiger partial charge is 0.159 e. The number of hydrogen-bond donors (Lipinski definition) is 0. The molecular formula is C26H24N4O. The van der Waals surface area contributed by atoms with Crippen LogP contribution >= 0.6 is 0 Å². The highest BCUT2D eigenvalue weighted by molar-refractivity contribution is 6.06. The summed E-state index contributed by atoms with van der Waals surface area (Å²) in [5.74, 6) is 1.71. The molecule has 0 aliphatic carbocycles. The van der Waals surface area contributed by atoms with E-state index in [1.54, 1.807) is 7.11 Å². The maximum Gasteiger partial charge on any atom is 0.159 e. The van der Waals surface area contributed by atoms with Gasteiger partial charge in [0.1, 0.15) is 11.8 Å². The van der Waals surface area contributed by atoms with Crippen LogP contribution in [0, 0.1) is 0 Å². The first kappa shape index (κ1) is 19.2. The molecule has 5 heteroatoms. The minimum Gasteiger partial charge on any atom is -0.496 e. The first-order valence-corrected chi connectivity index (χ1v) is 10.6. The number of fused-ring (bicyclic) bond motifs is 1. The van der Waals surface area contributed by atoms with E-state index in [-0.39, 0.29) is 6.04 Å². The fourth-order valence-electron chi connectivity index (χ4n) is 4.24. The highest BCUT2D eigenvalue weighted by Crippen LogP contribution is 2.42. The van der Waals surface area contributed by atoms with Crippen LogP contribution < -0.4 is 4.74 Å². The summed E-state index contributed by atoms with van der Waals surface area (Å²) in [6.07, 6.45) is 3.37. The van der Waals surface area contributed by atoms with Crippen LogP contribution in [-0.4, -0.2) is 27.6 Å². The summed E-state index contributed by atoms with van der Waals surface area (Å²) >= 11 is 0. The zero-order valence-corrected chi connectivity index (χ0v) is 17.7. The molecule has 0 N–H and O–H groups in total. The second-order valence-electron chi connectivity index (χ2n) is 7.54. The molecule has 154 valence electrons. The molecule has 1 aliphatic heterocycles. The van der Waals surface area contributed by atoms with Crippen molar-refractivity contribution in [1.29, 1.82) is 0 Å². The molecule has 5 nitrogen and oxygen atoms in total. The van der Waals surface area contributed by atoms with Crippen molar-refractivity contribution in [3.63, 3.8) is 0 Å². The lowest BCUT2D eigenvalue weighted by Gasteiger charge is -2.25. The van der Waals surface area contributed by atoms with Crippen LogP contribution in [0.15, 0.2) is 84.0 Å². The van der Waals surface area contributed by atoms with Crippen molar-refractivity contribution in [3.8, 4) is 16.9 Å². The molecule has 31 heavy (non-hydrogen) atoms. The summed E-state index contributed by atoms with van der Waals surface area (Å²) in [6, 6.07) is 24.5. The average molecular weight is 409 g/mol. The maximum atomic E-state index is 5.65. The number of rotatable bonds is 5. The molecule has 1 aliphatic rings. The van der Waals surface area contributed by atoms with Gasteiger partial charge < -0.3 is 4.74 Å². The Balaban J connectivity index is 1.76. The zero-order valence-electron chi connectivity index (χ0n) is 17.7. The highest BCUT2D eigenvalue weighted by atomic mass is 16.5. The van der Waals surface area contributed by atoms with Gasteiger partial charge in [-0.15, -0.1) is 0 Å². The van der Waals surface area contributed by atoms with Gasteiger partial charge in [0.05, 0.1) is 24.2 Å². The topological polar surface area (TPSA) is 52.3 Å². The van der Waals surface area contributed by atoms with Crippen molar-refractivity contribution in [3.05, 3.63) is 95.9 Å². The van der Waals surface area contributed by atoms with Gasteiger partial charge >= 0.3 is 0 Å². The van der Waals surface area contributed by atoms with Gasteiger partial charge in [0, 0.05) is 23.7 Å². The number of benzene rings is 2. The van der Waals surface area contributed by atoms with E-state index in [1.165, 1.54) is 0 Å². The highest BCUT2D eigenvalue weighted by Gasteiger charge is 2.31. The molecule has 2 aromatic carbocycles. The fourth-order valence-corrected chi connectivity index (χ4v) is 4.24. The lowest BCUT2D eigenvalue weighted by atomic mass is 9.97. The van der Waals surface area contributed by atoms with Crippen molar-refractivity contribution < 1.29 is 4.74 Å². The van der Waals surface area contributed by atoms with Crippen molar-refractivity contribution >= 4 is 11.5 Å². The predicted molar refractivity (Wildman–Crippen MR) is 123 cm³/mol. The van der Waals surface area contributed by atoms with E-state index >= 15 is 0 Å². The quantitative estimate of drug-likeness (QED) is 0.430. The van der Waals surface area contributed by atoms with E-state index in [0.717, 1.165) is 51.8 Å². The summed E-state index contributed by atoms with van der Waals surface area (Å²) in [4.78, 5) is 9.82. The first-order valence-electron chi connectivity index (χ1n) is 10.6. The molecule has 0 saturated heterocycles. The molecule has 0 radical (unpaired) electrons. The molecular weight excluding hydrogens is 384 g/mol. The Bertz CT molecular complexity index is 1230. The second kappa shape index (κ2) is 8.19. The van der Waals surface area contributed by atoms with E-state index in [4.69, 9.17) is 14.8 Å². The van der Waals surface area contributed by atoms with Crippen molar-refractivity contribution in [2.45, 2.75) is 25.8 Å². The number of para-hydroxylation sites is 1. The number of nitrogens with zero attached hydrogens (tertiary/aromatic N) is 4. The third-order valence-electron chi connectivity index (χ3n) is 5.72. The predicted octanol–water partition coefficient (Wildman–Crippen LogP) is 5.63. The second-order valence-corrected chi connectivity index (χ2v) is 7.54. The van der Waals surface area contributed by atoms with Crippen LogP contribution in [0.25, 0.3) is 11.1 Å². The lowest BCUT2D eigenvalue weighted by molar-refractivity contribution is 0.413. The van der Waals surface area contributed by atoms with Gasteiger partial charge in [-0.2, -0.15) is 5.10 Å². The van der Waals surface area contributed by atoms with Crippen LogP contribution in [0.2, 0.25) is 0 Å².